The van der Waals surface area contributed by atoms with Crippen molar-refractivity contribution in [2.75, 3.05) is 0 Å². The summed E-state index contributed by atoms with van der Waals surface area (Å²) < 4.78 is 0. The van der Waals surface area contributed by atoms with Gasteiger partial charge in [-0.05, 0) is 13.3 Å². The maximum absolute atomic E-state index is 11.2. The van der Waals surface area contributed by atoms with Gasteiger partial charge in [0.05, 0.1) is 0 Å². The van der Waals surface area contributed by atoms with Crippen LogP contribution in [0.4, 0.5) is 0 Å². The number of ketones is 1. The standard InChI is InChI=1S/C10H19NO/c1-4-5-9(11)7-10(12)6-8(2)3/h9H,2,4-7,11H2,1,3H3. The molecule has 0 aromatic carbocycles. The van der Waals surface area contributed by atoms with Crippen molar-refractivity contribution >= 4 is 5.78 Å². The summed E-state index contributed by atoms with van der Waals surface area (Å²) in [6.07, 6.45) is 2.96. The van der Waals surface area contributed by atoms with Gasteiger partial charge in [-0.1, -0.05) is 25.5 Å². The lowest BCUT2D eigenvalue weighted by atomic mass is 10.0. The van der Waals surface area contributed by atoms with E-state index < -0.39 is 0 Å². The van der Waals surface area contributed by atoms with Crippen molar-refractivity contribution < 1.29 is 4.79 Å². The third kappa shape index (κ3) is 6.10. The topological polar surface area (TPSA) is 43.1 Å². The minimum atomic E-state index is 0.0434. The molecular formula is C10H19NO. The van der Waals surface area contributed by atoms with E-state index in [4.69, 9.17) is 5.73 Å². The summed E-state index contributed by atoms with van der Waals surface area (Å²) >= 11 is 0. The maximum atomic E-state index is 11.2. The predicted molar refractivity (Wildman–Crippen MR) is 51.9 cm³/mol. The first-order valence-corrected chi connectivity index (χ1v) is 4.48. The molecule has 0 bridgehead atoms. The second-order valence-electron chi connectivity index (χ2n) is 3.43. The van der Waals surface area contributed by atoms with Gasteiger partial charge in [0.2, 0.25) is 0 Å². The summed E-state index contributed by atoms with van der Waals surface area (Å²) in [5.74, 6) is 0.212. The molecule has 0 rings (SSSR count). The monoisotopic (exact) mass is 169 g/mol. The van der Waals surface area contributed by atoms with E-state index in [2.05, 4.69) is 13.5 Å². The molecular weight excluding hydrogens is 150 g/mol. The fourth-order valence-corrected chi connectivity index (χ4v) is 1.17. The van der Waals surface area contributed by atoms with E-state index in [1.807, 2.05) is 6.92 Å². The molecule has 0 aromatic heterocycles. The van der Waals surface area contributed by atoms with Gasteiger partial charge in [-0.3, -0.25) is 4.79 Å². The third-order valence-electron chi connectivity index (χ3n) is 1.65. The van der Waals surface area contributed by atoms with Crippen molar-refractivity contribution in [3.63, 3.8) is 0 Å². The van der Waals surface area contributed by atoms with E-state index in [-0.39, 0.29) is 11.8 Å². The number of allylic oxidation sites excluding steroid dienone is 1. The van der Waals surface area contributed by atoms with Gasteiger partial charge in [-0.15, -0.1) is 0 Å². The van der Waals surface area contributed by atoms with E-state index >= 15 is 0 Å². The Kier molecular flexibility index (Phi) is 5.64. The van der Waals surface area contributed by atoms with E-state index in [9.17, 15) is 4.79 Å². The van der Waals surface area contributed by atoms with Crippen LogP contribution in [0.3, 0.4) is 0 Å². The van der Waals surface area contributed by atoms with Crippen LogP contribution in [0, 0.1) is 0 Å². The lowest BCUT2D eigenvalue weighted by Gasteiger charge is -2.08. The third-order valence-corrected chi connectivity index (χ3v) is 1.65. The summed E-state index contributed by atoms with van der Waals surface area (Å²) in [6.45, 7) is 7.62. The van der Waals surface area contributed by atoms with Crippen molar-refractivity contribution in [1.82, 2.24) is 0 Å². The first kappa shape index (κ1) is 11.4. The number of Topliss-reactive ketones (excluding diaryl/α,β-unsaturated/α-hetero) is 1. The van der Waals surface area contributed by atoms with E-state index in [1.54, 1.807) is 0 Å². The van der Waals surface area contributed by atoms with Gasteiger partial charge < -0.3 is 5.73 Å². The quantitative estimate of drug-likeness (QED) is 0.618. The Bertz CT molecular complexity index is 163. The Morgan fingerprint density at radius 3 is 2.58 bits per heavy atom. The normalized spacial score (nSPS) is 12.6. The molecule has 0 aliphatic rings. The highest BCUT2D eigenvalue weighted by Crippen LogP contribution is 2.04. The highest BCUT2D eigenvalue weighted by Gasteiger charge is 2.08. The number of hydrogen-bond acceptors (Lipinski definition) is 2. The van der Waals surface area contributed by atoms with Gasteiger partial charge >= 0.3 is 0 Å². The minimum absolute atomic E-state index is 0.0434. The molecule has 2 N–H and O–H groups in total. The molecule has 0 saturated carbocycles. The SMILES string of the molecule is C=C(C)CC(=O)CC(N)CCC. The number of nitrogens with two attached hydrogens (primary N) is 1. The van der Waals surface area contributed by atoms with E-state index in [0.717, 1.165) is 18.4 Å². The molecule has 2 heteroatoms. The Balaban J connectivity index is 3.61. The molecule has 0 aromatic rings. The lowest BCUT2D eigenvalue weighted by Crippen LogP contribution is -2.23. The molecule has 1 unspecified atom stereocenters. The van der Waals surface area contributed by atoms with Crippen molar-refractivity contribution in [2.24, 2.45) is 5.73 Å². The molecule has 0 heterocycles. The highest BCUT2D eigenvalue weighted by molar-refractivity contribution is 5.81. The number of hydrogen-bond donors (Lipinski definition) is 1. The fraction of sp³-hybridized carbons (Fsp3) is 0.700. The van der Waals surface area contributed by atoms with Crippen molar-refractivity contribution in [3.05, 3.63) is 12.2 Å². The van der Waals surface area contributed by atoms with Gasteiger partial charge in [-0.2, -0.15) is 0 Å². The fourth-order valence-electron chi connectivity index (χ4n) is 1.17. The Labute approximate surface area is 74.8 Å². The second kappa shape index (κ2) is 5.95. The van der Waals surface area contributed by atoms with Crippen LogP contribution in [0.25, 0.3) is 0 Å². The summed E-state index contributed by atoms with van der Waals surface area (Å²) in [5.41, 5.74) is 6.63. The first-order chi connectivity index (χ1) is 5.56. The van der Waals surface area contributed by atoms with Gasteiger partial charge in [0, 0.05) is 18.9 Å². The average molecular weight is 169 g/mol. The Hall–Kier alpha value is -0.630. The number of rotatable bonds is 6. The molecule has 0 fully saturated rings. The van der Waals surface area contributed by atoms with Crippen LogP contribution in [0.2, 0.25) is 0 Å². The molecule has 1 atom stereocenters. The zero-order valence-electron chi connectivity index (χ0n) is 8.10. The van der Waals surface area contributed by atoms with Gasteiger partial charge in [0.25, 0.3) is 0 Å². The Morgan fingerprint density at radius 2 is 2.17 bits per heavy atom. The molecule has 0 spiro atoms. The number of carbonyl (C=O) groups excluding carboxylic acids is 1. The molecule has 0 aliphatic carbocycles. The zero-order valence-corrected chi connectivity index (χ0v) is 8.10. The largest absolute Gasteiger partial charge is 0.327 e. The van der Waals surface area contributed by atoms with Gasteiger partial charge in [-0.25, -0.2) is 0 Å². The minimum Gasteiger partial charge on any atom is -0.327 e. The smallest absolute Gasteiger partial charge is 0.138 e. The molecule has 2 nitrogen and oxygen atoms in total. The van der Waals surface area contributed by atoms with Crippen molar-refractivity contribution in [3.8, 4) is 0 Å². The van der Waals surface area contributed by atoms with E-state index in [1.165, 1.54) is 0 Å². The lowest BCUT2D eigenvalue weighted by molar-refractivity contribution is -0.118. The van der Waals surface area contributed by atoms with Crippen LogP contribution in [0.5, 0.6) is 0 Å². The zero-order chi connectivity index (χ0) is 9.56. The summed E-state index contributed by atoms with van der Waals surface area (Å²) in [7, 11) is 0. The van der Waals surface area contributed by atoms with E-state index in [0.29, 0.717) is 12.8 Å². The maximum Gasteiger partial charge on any atom is 0.138 e. The predicted octanol–water partition coefficient (Wildman–Crippen LogP) is 2.04. The molecule has 70 valence electrons. The molecule has 12 heavy (non-hydrogen) atoms. The highest BCUT2D eigenvalue weighted by atomic mass is 16.1. The summed E-state index contributed by atoms with van der Waals surface area (Å²) in [4.78, 5) is 11.2. The summed E-state index contributed by atoms with van der Waals surface area (Å²) in [6, 6.07) is 0.0434. The molecule has 0 saturated heterocycles. The van der Waals surface area contributed by atoms with Crippen LogP contribution in [0.15, 0.2) is 12.2 Å². The van der Waals surface area contributed by atoms with Crippen molar-refractivity contribution in [1.29, 1.82) is 0 Å². The average Bonchev–Trinajstić information content (AvgIpc) is 1.84. The van der Waals surface area contributed by atoms with Crippen LogP contribution >= 0.6 is 0 Å². The van der Waals surface area contributed by atoms with Crippen LogP contribution in [-0.2, 0) is 4.79 Å². The second-order valence-corrected chi connectivity index (χ2v) is 3.43. The molecule has 0 amide bonds. The van der Waals surface area contributed by atoms with Crippen molar-refractivity contribution in [2.45, 2.75) is 45.6 Å². The van der Waals surface area contributed by atoms with Gasteiger partial charge in [0.15, 0.2) is 0 Å². The molecule has 0 aliphatic heterocycles. The molecule has 0 radical (unpaired) electrons. The van der Waals surface area contributed by atoms with Gasteiger partial charge in [0.1, 0.15) is 5.78 Å². The summed E-state index contributed by atoms with van der Waals surface area (Å²) in [5, 5.41) is 0. The van der Waals surface area contributed by atoms with Crippen LogP contribution in [-0.4, -0.2) is 11.8 Å². The number of carbonyl (C=O) groups is 1. The Morgan fingerprint density at radius 1 is 1.58 bits per heavy atom. The van der Waals surface area contributed by atoms with Crippen LogP contribution < -0.4 is 5.73 Å². The van der Waals surface area contributed by atoms with Crippen LogP contribution in [0.1, 0.15) is 39.5 Å². The first-order valence-electron chi connectivity index (χ1n) is 4.48.